The van der Waals surface area contributed by atoms with Gasteiger partial charge in [0, 0.05) is 5.69 Å². The van der Waals surface area contributed by atoms with Gasteiger partial charge in [-0.3, -0.25) is 4.79 Å². The van der Waals surface area contributed by atoms with Gasteiger partial charge in [0.05, 0.1) is 12.5 Å². The largest absolute Gasteiger partial charge is 0.399 e. The summed E-state index contributed by atoms with van der Waals surface area (Å²) in [5.74, 6) is -0.491. The Morgan fingerprint density at radius 1 is 1.27 bits per heavy atom. The lowest BCUT2D eigenvalue weighted by Gasteiger charge is -2.26. The second-order valence-electron chi connectivity index (χ2n) is 5.74. The molecule has 0 bridgehead atoms. The number of halogens is 1. The van der Waals surface area contributed by atoms with E-state index in [1.54, 1.807) is 18.2 Å². The fourth-order valence-corrected chi connectivity index (χ4v) is 3.04. The third-order valence-corrected chi connectivity index (χ3v) is 4.13. The van der Waals surface area contributed by atoms with Crippen molar-refractivity contribution in [2.24, 2.45) is 0 Å². The quantitative estimate of drug-likeness (QED) is 0.855. The lowest BCUT2D eigenvalue weighted by Crippen LogP contribution is -2.32. The average Bonchev–Trinajstić information content (AvgIpc) is 2.49. The molecule has 0 saturated heterocycles. The minimum Gasteiger partial charge on any atom is -0.399 e. The summed E-state index contributed by atoms with van der Waals surface area (Å²) in [6.07, 6.45) is 2.97. The summed E-state index contributed by atoms with van der Waals surface area (Å²) >= 11 is 0. The molecule has 0 aliphatic heterocycles. The van der Waals surface area contributed by atoms with Crippen LogP contribution in [0.25, 0.3) is 0 Å². The molecule has 2 aromatic carbocycles. The van der Waals surface area contributed by atoms with E-state index in [2.05, 4.69) is 5.32 Å². The van der Waals surface area contributed by atoms with Gasteiger partial charge in [-0.1, -0.05) is 24.3 Å². The molecular weight excluding hydrogens is 279 g/mol. The summed E-state index contributed by atoms with van der Waals surface area (Å²) in [6.45, 7) is 0. The summed E-state index contributed by atoms with van der Waals surface area (Å²) < 4.78 is 13.6. The van der Waals surface area contributed by atoms with Crippen LogP contribution in [0, 0.1) is 5.82 Å². The van der Waals surface area contributed by atoms with E-state index >= 15 is 0 Å². The van der Waals surface area contributed by atoms with Crippen molar-refractivity contribution < 1.29 is 9.18 Å². The minimum atomic E-state index is -0.338. The fraction of sp³-hybridized carbons (Fsp3) is 0.278. The van der Waals surface area contributed by atoms with Crippen molar-refractivity contribution in [2.45, 2.75) is 31.7 Å². The molecule has 0 fully saturated rings. The highest BCUT2D eigenvalue weighted by Gasteiger charge is 2.22. The normalized spacial score (nSPS) is 16.9. The molecule has 3 rings (SSSR count). The number of hydrogen-bond donors (Lipinski definition) is 2. The molecule has 2 aromatic rings. The molecule has 0 aromatic heterocycles. The molecule has 1 atom stereocenters. The van der Waals surface area contributed by atoms with Crippen LogP contribution in [0.2, 0.25) is 0 Å². The van der Waals surface area contributed by atoms with Crippen LogP contribution in [-0.4, -0.2) is 5.91 Å². The first-order valence-corrected chi connectivity index (χ1v) is 7.54. The van der Waals surface area contributed by atoms with E-state index in [4.69, 9.17) is 5.73 Å². The van der Waals surface area contributed by atoms with E-state index in [1.807, 2.05) is 18.2 Å². The number of carbonyl (C=O) groups excluding carboxylic acids is 1. The summed E-state index contributed by atoms with van der Waals surface area (Å²) in [4.78, 5) is 12.2. The number of anilines is 1. The predicted molar refractivity (Wildman–Crippen MR) is 84.8 cm³/mol. The second kappa shape index (κ2) is 6.18. The van der Waals surface area contributed by atoms with Gasteiger partial charge in [-0.15, -0.1) is 0 Å². The molecule has 1 aliphatic rings. The molecule has 3 nitrogen and oxygen atoms in total. The third kappa shape index (κ3) is 3.11. The van der Waals surface area contributed by atoms with Crippen LogP contribution in [0.1, 0.15) is 35.6 Å². The standard InChI is InChI=1S/C18H19FN2O/c19-16-6-2-1-4-13(16)11-18(22)21-17-7-3-5-12-10-14(20)8-9-15(12)17/h1-2,4,6,8-10,17H,3,5,7,11,20H2,(H,21,22). The van der Waals surface area contributed by atoms with Crippen molar-refractivity contribution in [1.82, 2.24) is 5.32 Å². The molecule has 0 radical (unpaired) electrons. The molecule has 4 heteroatoms. The van der Waals surface area contributed by atoms with Gasteiger partial charge >= 0.3 is 0 Å². The van der Waals surface area contributed by atoms with E-state index in [0.717, 1.165) is 30.5 Å². The smallest absolute Gasteiger partial charge is 0.225 e. The van der Waals surface area contributed by atoms with Crippen molar-refractivity contribution in [3.63, 3.8) is 0 Å². The Hall–Kier alpha value is -2.36. The van der Waals surface area contributed by atoms with Gasteiger partial charge < -0.3 is 11.1 Å². The summed E-state index contributed by atoms with van der Waals surface area (Å²) in [5.41, 5.74) is 9.31. The fourth-order valence-electron chi connectivity index (χ4n) is 3.04. The van der Waals surface area contributed by atoms with Gasteiger partial charge in [-0.2, -0.15) is 0 Å². The first-order chi connectivity index (χ1) is 10.6. The molecule has 0 heterocycles. The molecule has 114 valence electrons. The summed E-state index contributed by atoms with van der Waals surface area (Å²) in [5, 5.41) is 3.02. The van der Waals surface area contributed by atoms with Gasteiger partial charge in [-0.25, -0.2) is 4.39 Å². The van der Waals surface area contributed by atoms with Gasteiger partial charge in [-0.05, 0) is 54.2 Å². The number of amides is 1. The SMILES string of the molecule is Nc1ccc2c(c1)CCCC2NC(=O)Cc1ccccc1F. The van der Waals surface area contributed by atoms with E-state index in [9.17, 15) is 9.18 Å². The van der Waals surface area contributed by atoms with Crippen molar-refractivity contribution in [1.29, 1.82) is 0 Å². The Morgan fingerprint density at radius 2 is 2.09 bits per heavy atom. The molecule has 1 unspecified atom stereocenters. The summed E-state index contributed by atoms with van der Waals surface area (Å²) in [6, 6.07) is 12.2. The van der Waals surface area contributed by atoms with E-state index in [-0.39, 0.29) is 24.2 Å². The van der Waals surface area contributed by atoms with Crippen LogP contribution in [0.5, 0.6) is 0 Å². The molecule has 3 N–H and O–H groups in total. The van der Waals surface area contributed by atoms with Crippen molar-refractivity contribution in [3.05, 3.63) is 65.0 Å². The first kappa shape index (κ1) is 14.6. The van der Waals surface area contributed by atoms with Crippen molar-refractivity contribution in [3.8, 4) is 0 Å². The Kier molecular flexibility index (Phi) is 4.09. The van der Waals surface area contributed by atoms with Crippen LogP contribution in [-0.2, 0) is 17.6 Å². The van der Waals surface area contributed by atoms with Crippen LogP contribution < -0.4 is 11.1 Å². The highest BCUT2D eigenvalue weighted by Crippen LogP contribution is 2.31. The zero-order chi connectivity index (χ0) is 15.5. The monoisotopic (exact) mass is 298 g/mol. The number of hydrogen-bond acceptors (Lipinski definition) is 2. The summed E-state index contributed by atoms with van der Waals surface area (Å²) in [7, 11) is 0. The lowest BCUT2D eigenvalue weighted by molar-refractivity contribution is -0.121. The van der Waals surface area contributed by atoms with Crippen molar-refractivity contribution >= 4 is 11.6 Å². The maximum Gasteiger partial charge on any atom is 0.225 e. The molecule has 1 aliphatic carbocycles. The number of fused-ring (bicyclic) bond motifs is 1. The number of nitrogens with one attached hydrogen (secondary N) is 1. The van der Waals surface area contributed by atoms with Gasteiger partial charge in [0.2, 0.25) is 5.91 Å². The molecule has 0 spiro atoms. The highest BCUT2D eigenvalue weighted by atomic mass is 19.1. The molecular formula is C18H19FN2O. The minimum absolute atomic E-state index is 0.0105. The van der Waals surface area contributed by atoms with E-state index in [0.29, 0.717) is 5.56 Å². The van der Waals surface area contributed by atoms with Crippen LogP contribution >= 0.6 is 0 Å². The average molecular weight is 298 g/mol. The Morgan fingerprint density at radius 3 is 2.91 bits per heavy atom. The Balaban J connectivity index is 1.72. The topological polar surface area (TPSA) is 55.1 Å². The number of benzene rings is 2. The van der Waals surface area contributed by atoms with E-state index in [1.165, 1.54) is 11.6 Å². The maximum absolute atomic E-state index is 13.6. The van der Waals surface area contributed by atoms with Crippen molar-refractivity contribution in [2.75, 3.05) is 5.73 Å². The lowest BCUT2D eigenvalue weighted by atomic mass is 9.87. The highest BCUT2D eigenvalue weighted by molar-refractivity contribution is 5.79. The number of carbonyl (C=O) groups is 1. The maximum atomic E-state index is 13.6. The van der Waals surface area contributed by atoms with Gasteiger partial charge in [0.15, 0.2) is 0 Å². The zero-order valence-electron chi connectivity index (χ0n) is 12.3. The number of rotatable bonds is 3. The van der Waals surface area contributed by atoms with Crippen LogP contribution in [0.15, 0.2) is 42.5 Å². The Labute approximate surface area is 129 Å². The zero-order valence-corrected chi connectivity index (χ0v) is 12.3. The second-order valence-corrected chi connectivity index (χ2v) is 5.74. The van der Waals surface area contributed by atoms with Crippen LogP contribution in [0.4, 0.5) is 10.1 Å². The first-order valence-electron chi connectivity index (χ1n) is 7.54. The Bertz CT molecular complexity index is 699. The number of nitrogen functional groups attached to an aromatic ring is 1. The van der Waals surface area contributed by atoms with Crippen LogP contribution in [0.3, 0.4) is 0 Å². The number of nitrogens with two attached hydrogens (primary N) is 1. The molecule has 0 saturated carbocycles. The third-order valence-electron chi connectivity index (χ3n) is 4.13. The van der Waals surface area contributed by atoms with E-state index < -0.39 is 0 Å². The van der Waals surface area contributed by atoms with Gasteiger partial charge in [0.25, 0.3) is 0 Å². The number of aryl methyl sites for hydroxylation is 1. The predicted octanol–water partition coefficient (Wildman–Crippen LogP) is 3.14. The molecule has 22 heavy (non-hydrogen) atoms. The molecule has 1 amide bonds. The van der Waals surface area contributed by atoms with Gasteiger partial charge in [0.1, 0.15) is 5.82 Å².